The van der Waals surface area contributed by atoms with Crippen molar-refractivity contribution in [2.45, 2.75) is 32.5 Å². The Kier molecular flexibility index (Phi) is 5.60. The molecule has 3 heterocycles. The third kappa shape index (κ3) is 4.19. The van der Waals surface area contributed by atoms with E-state index in [1.54, 1.807) is 7.11 Å². The number of nitrogens with zero attached hydrogens (tertiary/aromatic N) is 6. The predicted octanol–water partition coefficient (Wildman–Crippen LogP) is 0.698. The number of piperazine rings is 1. The maximum Gasteiger partial charge on any atom is 0.240 e. The van der Waals surface area contributed by atoms with E-state index >= 15 is 0 Å². The lowest BCUT2D eigenvalue weighted by molar-refractivity contribution is 0.0645. The number of ether oxygens (including phenoxy) is 1. The van der Waals surface area contributed by atoms with E-state index in [0.29, 0.717) is 37.3 Å². The fourth-order valence-electron chi connectivity index (χ4n) is 3.02. The van der Waals surface area contributed by atoms with Gasteiger partial charge in [0.15, 0.2) is 5.82 Å². The summed E-state index contributed by atoms with van der Waals surface area (Å²) < 4.78 is 12.5. The highest BCUT2D eigenvalue weighted by molar-refractivity contribution is 4.94. The van der Waals surface area contributed by atoms with Crippen LogP contribution in [0.5, 0.6) is 0 Å². The fraction of sp³-hybridized carbons (Fsp3) is 0.688. The molecule has 1 unspecified atom stereocenters. The summed E-state index contributed by atoms with van der Waals surface area (Å²) in [4.78, 5) is 13.7. The molecule has 8 nitrogen and oxygen atoms in total. The van der Waals surface area contributed by atoms with Gasteiger partial charge < -0.3 is 13.8 Å². The molecule has 0 amide bonds. The van der Waals surface area contributed by atoms with Crippen molar-refractivity contribution in [3.05, 3.63) is 29.9 Å². The van der Waals surface area contributed by atoms with Crippen LogP contribution in [-0.4, -0.2) is 68.9 Å². The lowest BCUT2D eigenvalue weighted by Gasteiger charge is -2.39. The van der Waals surface area contributed by atoms with Crippen molar-refractivity contribution in [3.63, 3.8) is 0 Å². The summed E-state index contributed by atoms with van der Waals surface area (Å²) in [5, 5.41) is 4.00. The molecule has 0 aliphatic carbocycles. The maximum atomic E-state index is 5.34. The topological polar surface area (TPSA) is 72.5 Å². The average Bonchev–Trinajstić information content (AvgIpc) is 3.17. The lowest BCUT2D eigenvalue weighted by Crippen LogP contribution is -2.51. The lowest BCUT2D eigenvalue weighted by atomic mass is 10.2. The first-order chi connectivity index (χ1) is 11.7. The minimum Gasteiger partial charge on any atom is -0.384 e. The van der Waals surface area contributed by atoms with Gasteiger partial charge >= 0.3 is 0 Å². The Morgan fingerprint density at radius 2 is 2.21 bits per heavy atom. The molecule has 132 valence electrons. The quantitative estimate of drug-likeness (QED) is 0.738. The van der Waals surface area contributed by atoms with Crippen molar-refractivity contribution in [3.8, 4) is 0 Å². The largest absolute Gasteiger partial charge is 0.384 e. The van der Waals surface area contributed by atoms with Gasteiger partial charge in [0.05, 0.1) is 19.7 Å². The molecular weight excluding hydrogens is 308 g/mol. The minimum absolute atomic E-state index is 0.464. The molecule has 0 saturated carbocycles. The van der Waals surface area contributed by atoms with Crippen LogP contribution in [0, 0.1) is 0 Å². The van der Waals surface area contributed by atoms with Crippen LogP contribution < -0.4 is 0 Å². The van der Waals surface area contributed by atoms with E-state index in [2.05, 4.69) is 36.4 Å². The number of aromatic nitrogens is 4. The number of imidazole rings is 1. The molecule has 0 spiro atoms. The Labute approximate surface area is 142 Å². The van der Waals surface area contributed by atoms with Gasteiger partial charge in [0.2, 0.25) is 5.89 Å². The van der Waals surface area contributed by atoms with Crippen LogP contribution in [0.1, 0.15) is 24.5 Å². The standard InChI is InChI=1S/C16H26N6O2/c1-13-10-21(12-16-18-14(19-24-16)4-9-23-3)7-8-22(13)11-15-17-5-6-20(15)2/h5-6,13H,4,7-12H2,1-3H3. The molecule has 1 aliphatic heterocycles. The van der Waals surface area contributed by atoms with Gasteiger partial charge in [-0.2, -0.15) is 4.98 Å². The third-order valence-electron chi connectivity index (χ3n) is 4.51. The van der Waals surface area contributed by atoms with Crippen LogP contribution in [-0.2, 0) is 31.3 Å². The van der Waals surface area contributed by atoms with Crippen LogP contribution in [0.4, 0.5) is 0 Å². The van der Waals surface area contributed by atoms with Crippen molar-refractivity contribution in [1.29, 1.82) is 0 Å². The second kappa shape index (κ2) is 7.87. The van der Waals surface area contributed by atoms with Gasteiger partial charge in [-0.15, -0.1) is 0 Å². The average molecular weight is 334 g/mol. The summed E-state index contributed by atoms with van der Waals surface area (Å²) in [5.41, 5.74) is 0. The summed E-state index contributed by atoms with van der Waals surface area (Å²) in [7, 11) is 3.72. The van der Waals surface area contributed by atoms with E-state index < -0.39 is 0 Å². The van der Waals surface area contributed by atoms with Crippen LogP contribution in [0.2, 0.25) is 0 Å². The summed E-state index contributed by atoms with van der Waals surface area (Å²) in [5.74, 6) is 2.51. The molecule has 0 bridgehead atoms. The van der Waals surface area contributed by atoms with Gasteiger partial charge in [-0.3, -0.25) is 9.80 Å². The number of rotatable bonds is 7. The van der Waals surface area contributed by atoms with E-state index in [4.69, 9.17) is 9.26 Å². The van der Waals surface area contributed by atoms with Gasteiger partial charge in [-0.1, -0.05) is 5.16 Å². The van der Waals surface area contributed by atoms with Gasteiger partial charge in [-0.05, 0) is 6.92 Å². The number of hydrogen-bond acceptors (Lipinski definition) is 7. The number of hydrogen-bond donors (Lipinski definition) is 0. The first-order valence-corrected chi connectivity index (χ1v) is 8.38. The Hall–Kier alpha value is -1.77. The normalized spacial score (nSPS) is 19.9. The number of aryl methyl sites for hydroxylation is 1. The van der Waals surface area contributed by atoms with Gasteiger partial charge in [-0.25, -0.2) is 4.98 Å². The predicted molar refractivity (Wildman–Crippen MR) is 88.2 cm³/mol. The Morgan fingerprint density at radius 3 is 2.92 bits per heavy atom. The van der Waals surface area contributed by atoms with E-state index in [1.807, 2.05) is 19.4 Å². The van der Waals surface area contributed by atoms with Crippen LogP contribution in [0.25, 0.3) is 0 Å². The Balaban J connectivity index is 1.50. The molecule has 1 aliphatic rings. The molecule has 0 radical (unpaired) electrons. The molecule has 8 heteroatoms. The molecule has 1 saturated heterocycles. The highest BCUT2D eigenvalue weighted by atomic mass is 16.5. The van der Waals surface area contributed by atoms with E-state index in [1.165, 1.54) is 0 Å². The van der Waals surface area contributed by atoms with Gasteiger partial charge in [0, 0.05) is 58.6 Å². The van der Waals surface area contributed by atoms with Crippen molar-refractivity contribution in [1.82, 2.24) is 29.5 Å². The van der Waals surface area contributed by atoms with Crippen molar-refractivity contribution >= 4 is 0 Å². The van der Waals surface area contributed by atoms with Crippen LogP contribution >= 0.6 is 0 Å². The maximum absolute atomic E-state index is 5.34. The van der Waals surface area contributed by atoms with Crippen molar-refractivity contribution in [2.75, 3.05) is 33.4 Å². The Bertz CT molecular complexity index is 640. The van der Waals surface area contributed by atoms with Crippen molar-refractivity contribution < 1.29 is 9.26 Å². The second-order valence-electron chi connectivity index (χ2n) is 6.36. The van der Waals surface area contributed by atoms with Gasteiger partial charge in [0.1, 0.15) is 5.82 Å². The zero-order valence-corrected chi connectivity index (χ0v) is 14.7. The highest BCUT2D eigenvalue weighted by Gasteiger charge is 2.25. The molecule has 1 atom stereocenters. The van der Waals surface area contributed by atoms with E-state index in [0.717, 1.165) is 32.0 Å². The minimum atomic E-state index is 0.464. The molecular formula is C16H26N6O2. The number of methoxy groups -OCH3 is 1. The van der Waals surface area contributed by atoms with E-state index in [9.17, 15) is 0 Å². The van der Waals surface area contributed by atoms with Crippen molar-refractivity contribution in [2.24, 2.45) is 7.05 Å². The second-order valence-corrected chi connectivity index (χ2v) is 6.36. The molecule has 24 heavy (non-hydrogen) atoms. The zero-order valence-electron chi connectivity index (χ0n) is 14.7. The monoisotopic (exact) mass is 334 g/mol. The molecule has 2 aromatic heterocycles. The first kappa shape index (κ1) is 17.1. The fourth-order valence-corrected chi connectivity index (χ4v) is 3.02. The summed E-state index contributed by atoms with van der Waals surface area (Å²) in [6.07, 6.45) is 4.54. The molecule has 1 fully saturated rings. The summed E-state index contributed by atoms with van der Waals surface area (Å²) >= 11 is 0. The molecule has 3 rings (SSSR count). The molecule has 0 N–H and O–H groups in total. The van der Waals surface area contributed by atoms with Gasteiger partial charge in [0.25, 0.3) is 0 Å². The Morgan fingerprint density at radius 1 is 1.33 bits per heavy atom. The summed E-state index contributed by atoms with van der Waals surface area (Å²) in [6, 6.07) is 0.464. The van der Waals surface area contributed by atoms with E-state index in [-0.39, 0.29) is 0 Å². The SMILES string of the molecule is COCCc1noc(CN2CCN(Cc3nccn3C)C(C)C2)n1. The third-order valence-corrected chi connectivity index (χ3v) is 4.51. The molecule has 2 aromatic rings. The smallest absolute Gasteiger partial charge is 0.240 e. The highest BCUT2D eigenvalue weighted by Crippen LogP contribution is 2.15. The van der Waals surface area contributed by atoms with Crippen LogP contribution in [0.15, 0.2) is 16.9 Å². The summed E-state index contributed by atoms with van der Waals surface area (Å²) in [6.45, 7) is 7.46. The molecule has 0 aromatic carbocycles. The van der Waals surface area contributed by atoms with Crippen LogP contribution in [0.3, 0.4) is 0 Å². The first-order valence-electron chi connectivity index (χ1n) is 8.38. The zero-order chi connectivity index (χ0) is 16.9.